The first-order chi connectivity index (χ1) is 12.5. The van der Waals surface area contributed by atoms with E-state index in [2.05, 4.69) is 20.6 Å². The van der Waals surface area contributed by atoms with Crippen molar-refractivity contribution >= 4 is 29.1 Å². The van der Waals surface area contributed by atoms with E-state index in [1.54, 1.807) is 30.7 Å². The van der Waals surface area contributed by atoms with Crippen molar-refractivity contribution < 1.29 is 9.59 Å². The van der Waals surface area contributed by atoms with Gasteiger partial charge in [0.25, 0.3) is 5.91 Å². The summed E-state index contributed by atoms with van der Waals surface area (Å²) in [7, 11) is 0. The van der Waals surface area contributed by atoms with Gasteiger partial charge in [-0.25, -0.2) is 0 Å². The first-order valence-corrected chi connectivity index (χ1v) is 9.04. The van der Waals surface area contributed by atoms with Crippen molar-refractivity contribution in [3.63, 3.8) is 0 Å². The van der Waals surface area contributed by atoms with Crippen LogP contribution in [0.3, 0.4) is 0 Å². The largest absolute Gasteiger partial charge is 0.348 e. The quantitative estimate of drug-likeness (QED) is 0.861. The molecule has 2 aromatic heterocycles. The maximum absolute atomic E-state index is 12.4. The number of pyridine rings is 2. The van der Waals surface area contributed by atoms with Crippen LogP contribution in [0.4, 0.5) is 5.69 Å². The SMILES string of the molecule is Cc1ccnc(C(=O)NC2CCC(C(=O)Nc3cnccc3Cl)CC2)c1. The Balaban J connectivity index is 1.50. The summed E-state index contributed by atoms with van der Waals surface area (Å²) in [6, 6.07) is 5.33. The van der Waals surface area contributed by atoms with Gasteiger partial charge in [0.05, 0.1) is 16.9 Å². The van der Waals surface area contributed by atoms with Crippen LogP contribution in [-0.4, -0.2) is 27.8 Å². The Morgan fingerprint density at radius 1 is 1.15 bits per heavy atom. The minimum atomic E-state index is -0.163. The molecule has 7 heteroatoms. The van der Waals surface area contributed by atoms with Crippen LogP contribution < -0.4 is 10.6 Å². The summed E-state index contributed by atoms with van der Waals surface area (Å²) < 4.78 is 0. The van der Waals surface area contributed by atoms with Crippen molar-refractivity contribution in [1.29, 1.82) is 0 Å². The normalized spacial score (nSPS) is 19.6. The molecule has 1 aliphatic carbocycles. The second-order valence-electron chi connectivity index (χ2n) is 6.59. The molecule has 3 rings (SSSR count). The lowest BCUT2D eigenvalue weighted by molar-refractivity contribution is -0.120. The Kier molecular flexibility index (Phi) is 5.83. The molecule has 1 saturated carbocycles. The second-order valence-corrected chi connectivity index (χ2v) is 6.99. The predicted octanol–water partition coefficient (Wildman–Crippen LogP) is 3.37. The molecule has 136 valence electrons. The molecule has 0 radical (unpaired) electrons. The van der Waals surface area contributed by atoms with Gasteiger partial charge in [-0.3, -0.25) is 19.6 Å². The number of amides is 2. The van der Waals surface area contributed by atoms with Gasteiger partial charge in [0, 0.05) is 24.4 Å². The van der Waals surface area contributed by atoms with Gasteiger partial charge in [-0.2, -0.15) is 0 Å². The smallest absolute Gasteiger partial charge is 0.270 e. The van der Waals surface area contributed by atoms with Crippen LogP contribution >= 0.6 is 11.6 Å². The molecule has 2 amide bonds. The van der Waals surface area contributed by atoms with Gasteiger partial charge in [-0.15, -0.1) is 0 Å². The molecule has 0 aliphatic heterocycles. The second kappa shape index (κ2) is 8.27. The van der Waals surface area contributed by atoms with E-state index in [-0.39, 0.29) is 23.8 Å². The van der Waals surface area contributed by atoms with E-state index >= 15 is 0 Å². The number of hydrogen-bond donors (Lipinski definition) is 2. The van der Waals surface area contributed by atoms with Crippen molar-refractivity contribution in [2.45, 2.75) is 38.6 Å². The molecule has 2 N–H and O–H groups in total. The molecular formula is C19H21ClN4O2. The Bertz CT molecular complexity index is 804. The monoisotopic (exact) mass is 372 g/mol. The molecule has 1 aliphatic rings. The summed E-state index contributed by atoms with van der Waals surface area (Å²) in [5, 5.41) is 6.33. The van der Waals surface area contributed by atoms with E-state index in [1.165, 1.54) is 0 Å². The van der Waals surface area contributed by atoms with Gasteiger partial charge < -0.3 is 10.6 Å². The maximum Gasteiger partial charge on any atom is 0.270 e. The third-order valence-electron chi connectivity index (χ3n) is 4.61. The first kappa shape index (κ1) is 18.3. The number of halogens is 1. The highest BCUT2D eigenvalue weighted by Crippen LogP contribution is 2.27. The lowest BCUT2D eigenvalue weighted by atomic mass is 9.85. The zero-order chi connectivity index (χ0) is 18.5. The Morgan fingerprint density at radius 2 is 1.92 bits per heavy atom. The van der Waals surface area contributed by atoms with Gasteiger partial charge in [0.1, 0.15) is 5.69 Å². The highest BCUT2D eigenvalue weighted by Gasteiger charge is 2.27. The number of aromatic nitrogens is 2. The van der Waals surface area contributed by atoms with E-state index in [9.17, 15) is 9.59 Å². The zero-order valence-corrected chi connectivity index (χ0v) is 15.3. The molecule has 2 aromatic rings. The number of nitrogens with one attached hydrogen (secondary N) is 2. The minimum Gasteiger partial charge on any atom is -0.348 e. The molecule has 0 spiro atoms. The van der Waals surface area contributed by atoms with Crippen LogP contribution in [0.2, 0.25) is 5.02 Å². The van der Waals surface area contributed by atoms with Gasteiger partial charge in [-0.05, 0) is 56.4 Å². The van der Waals surface area contributed by atoms with Crippen molar-refractivity contribution in [2.75, 3.05) is 5.32 Å². The lowest BCUT2D eigenvalue weighted by Crippen LogP contribution is -2.39. The summed E-state index contributed by atoms with van der Waals surface area (Å²) in [6.45, 7) is 1.93. The molecular weight excluding hydrogens is 352 g/mol. The Labute approximate surface area is 157 Å². The molecule has 0 bridgehead atoms. The van der Waals surface area contributed by atoms with Gasteiger partial charge >= 0.3 is 0 Å². The third kappa shape index (κ3) is 4.58. The number of anilines is 1. The summed E-state index contributed by atoms with van der Waals surface area (Å²) >= 11 is 6.05. The van der Waals surface area contributed by atoms with Crippen molar-refractivity contribution in [3.8, 4) is 0 Å². The van der Waals surface area contributed by atoms with Crippen LogP contribution in [0.25, 0.3) is 0 Å². The van der Waals surface area contributed by atoms with Crippen LogP contribution in [-0.2, 0) is 4.79 Å². The molecule has 0 saturated heterocycles. The molecule has 1 fully saturated rings. The van der Waals surface area contributed by atoms with Crippen LogP contribution in [0.15, 0.2) is 36.8 Å². The van der Waals surface area contributed by atoms with Gasteiger partial charge in [0.15, 0.2) is 0 Å². The zero-order valence-electron chi connectivity index (χ0n) is 14.5. The fraction of sp³-hybridized carbons (Fsp3) is 0.368. The molecule has 0 unspecified atom stereocenters. The molecule has 0 atom stereocenters. The number of hydrogen-bond acceptors (Lipinski definition) is 4. The summed E-state index contributed by atoms with van der Waals surface area (Å²) in [6.07, 6.45) is 7.71. The van der Waals surface area contributed by atoms with Gasteiger partial charge in [-0.1, -0.05) is 11.6 Å². The van der Waals surface area contributed by atoms with Gasteiger partial charge in [0.2, 0.25) is 5.91 Å². The molecule has 26 heavy (non-hydrogen) atoms. The average Bonchev–Trinajstić information content (AvgIpc) is 2.64. The molecule has 6 nitrogen and oxygen atoms in total. The number of nitrogens with zero attached hydrogens (tertiary/aromatic N) is 2. The maximum atomic E-state index is 12.4. The lowest BCUT2D eigenvalue weighted by Gasteiger charge is -2.28. The number of rotatable bonds is 4. The highest BCUT2D eigenvalue weighted by atomic mass is 35.5. The average molecular weight is 373 g/mol. The van der Waals surface area contributed by atoms with E-state index in [4.69, 9.17) is 11.6 Å². The summed E-state index contributed by atoms with van der Waals surface area (Å²) in [5.41, 5.74) is 1.95. The summed E-state index contributed by atoms with van der Waals surface area (Å²) in [4.78, 5) is 32.8. The molecule has 2 heterocycles. The van der Waals surface area contributed by atoms with E-state index in [0.29, 0.717) is 16.4 Å². The van der Waals surface area contributed by atoms with Crippen LogP contribution in [0.1, 0.15) is 41.7 Å². The fourth-order valence-electron chi connectivity index (χ4n) is 3.12. The topological polar surface area (TPSA) is 84.0 Å². The fourth-order valence-corrected chi connectivity index (χ4v) is 3.28. The van der Waals surface area contributed by atoms with E-state index in [0.717, 1.165) is 31.2 Å². The van der Waals surface area contributed by atoms with Crippen molar-refractivity contribution in [1.82, 2.24) is 15.3 Å². The molecule has 0 aromatic carbocycles. The standard InChI is InChI=1S/C19H21ClN4O2/c1-12-6-9-22-16(10-12)19(26)23-14-4-2-13(3-5-14)18(25)24-17-11-21-8-7-15(17)20/h6-11,13-14H,2-5H2,1H3,(H,23,26)(H,24,25). The van der Waals surface area contributed by atoms with Crippen LogP contribution in [0, 0.1) is 12.8 Å². The summed E-state index contributed by atoms with van der Waals surface area (Å²) in [5.74, 6) is -0.301. The Morgan fingerprint density at radius 3 is 2.62 bits per heavy atom. The van der Waals surface area contributed by atoms with E-state index in [1.807, 2.05) is 13.0 Å². The van der Waals surface area contributed by atoms with Crippen molar-refractivity contribution in [2.24, 2.45) is 5.92 Å². The van der Waals surface area contributed by atoms with Crippen molar-refractivity contribution in [3.05, 3.63) is 53.1 Å². The Hall–Kier alpha value is -2.47. The number of carbonyl (C=O) groups excluding carboxylic acids is 2. The predicted molar refractivity (Wildman–Crippen MR) is 100 cm³/mol. The highest BCUT2D eigenvalue weighted by molar-refractivity contribution is 6.33. The number of aryl methyl sites for hydroxylation is 1. The number of carbonyl (C=O) groups is 2. The third-order valence-corrected chi connectivity index (χ3v) is 4.94. The first-order valence-electron chi connectivity index (χ1n) is 8.67. The van der Waals surface area contributed by atoms with E-state index < -0.39 is 0 Å². The minimum absolute atomic E-state index is 0.0509. The van der Waals surface area contributed by atoms with Crippen LogP contribution in [0.5, 0.6) is 0 Å².